The molecule has 0 spiro atoms. The number of rotatable bonds is 7. The Bertz CT molecular complexity index is 3560. The lowest BCUT2D eigenvalue weighted by molar-refractivity contribution is 0.673. The van der Waals surface area contributed by atoms with E-state index in [2.05, 4.69) is 156 Å². The molecule has 0 aliphatic heterocycles. The third-order valence-electron chi connectivity index (χ3n) is 11.8. The first-order valence-electron chi connectivity index (χ1n) is 20.8. The van der Waals surface area contributed by atoms with Crippen molar-refractivity contribution in [3.63, 3.8) is 0 Å². The predicted octanol–water partition coefficient (Wildman–Crippen LogP) is 14.9. The molecule has 0 radical (unpaired) electrons. The van der Waals surface area contributed by atoms with Crippen LogP contribution in [0, 0.1) is 0 Å². The Morgan fingerprint density at radius 1 is 0.306 bits per heavy atom. The van der Waals surface area contributed by atoms with E-state index in [1.807, 2.05) is 66.7 Å². The van der Waals surface area contributed by atoms with E-state index in [0.717, 1.165) is 99.5 Å². The summed E-state index contributed by atoms with van der Waals surface area (Å²) in [6, 6.07) is 76.5. The van der Waals surface area contributed by atoms with Crippen molar-refractivity contribution in [1.29, 1.82) is 0 Å². The van der Waals surface area contributed by atoms with Crippen LogP contribution in [0.15, 0.2) is 223 Å². The van der Waals surface area contributed by atoms with Gasteiger partial charge in [-0.3, -0.25) is 0 Å². The summed E-state index contributed by atoms with van der Waals surface area (Å²) in [6.07, 6.45) is 0. The second kappa shape index (κ2) is 14.7. The predicted molar refractivity (Wildman–Crippen MR) is 254 cm³/mol. The summed E-state index contributed by atoms with van der Waals surface area (Å²) in [5.74, 6) is 1.85. The van der Waals surface area contributed by atoms with Crippen molar-refractivity contribution in [1.82, 2.24) is 19.5 Å². The zero-order valence-electron chi connectivity index (χ0n) is 33.5. The van der Waals surface area contributed by atoms with Gasteiger partial charge in [-0.05, 0) is 94.0 Å². The van der Waals surface area contributed by atoms with Crippen LogP contribution in [-0.4, -0.2) is 19.5 Å². The summed E-state index contributed by atoms with van der Waals surface area (Å²) in [5, 5.41) is 4.48. The molecule has 9 aromatic carbocycles. The van der Waals surface area contributed by atoms with E-state index in [1.165, 1.54) is 0 Å². The largest absolute Gasteiger partial charge is 0.455 e. The Balaban J connectivity index is 1.12. The molecule has 0 bridgehead atoms. The van der Waals surface area contributed by atoms with Gasteiger partial charge in [-0.15, -0.1) is 0 Å². The second-order valence-corrected chi connectivity index (χ2v) is 15.6. The molecule has 12 rings (SSSR count). The molecule has 0 unspecified atom stereocenters. The van der Waals surface area contributed by atoms with Crippen LogP contribution in [0.4, 0.5) is 0 Å². The molecule has 0 fully saturated rings. The van der Waals surface area contributed by atoms with Gasteiger partial charge in [0.25, 0.3) is 0 Å². The standard InChI is InChI=1S/C57H36N4O/c1-5-17-37(18-6-1)41-31-42(34-45(33-41)57-59-55(39-21-9-3-10-22-39)58-56(60-57)40-23-11-4-12-24-40)44-32-43(38-19-7-2-8-20-38)35-46(36-44)61-50-27-15-13-26-49(50)53-51(61)30-29-48-47-25-14-16-28-52(47)62-54(48)53/h1-36H. The third kappa shape index (κ3) is 6.14. The fraction of sp³-hybridized carbons (Fsp3) is 0. The molecule has 3 aromatic heterocycles. The van der Waals surface area contributed by atoms with Crippen LogP contribution in [0.2, 0.25) is 0 Å². The molecule has 5 nitrogen and oxygen atoms in total. The lowest BCUT2D eigenvalue weighted by atomic mass is 9.93. The maximum Gasteiger partial charge on any atom is 0.164 e. The Labute approximate surface area is 357 Å². The van der Waals surface area contributed by atoms with Crippen molar-refractivity contribution < 1.29 is 4.42 Å². The first-order valence-corrected chi connectivity index (χ1v) is 20.8. The fourth-order valence-corrected chi connectivity index (χ4v) is 8.88. The first kappa shape index (κ1) is 35.5. The molecule has 0 saturated carbocycles. The molecule has 5 heteroatoms. The monoisotopic (exact) mass is 792 g/mol. The van der Waals surface area contributed by atoms with E-state index in [4.69, 9.17) is 19.4 Å². The van der Waals surface area contributed by atoms with Crippen LogP contribution >= 0.6 is 0 Å². The zero-order chi connectivity index (χ0) is 41.0. The molecule has 0 aliphatic rings. The Hall–Kier alpha value is -8.41. The van der Waals surface area contributed by atoms with Crippen molar-refractivity contribution in [2.75, 3.05) is 0 Å². The van der Waals surface area contributed by atoms with Crippen molar-refractivity contribution in [2.24, 2.45) is 0 Å². The number of nitrogens with zero attached hydrogens (tertiary/aromatic N) is 4. The number of aromatic nitrogens is 4. The molecule has 62 heavy (non-hydrogen) atoms. The quantitative estimate of drug-likeness (QED) is 0.161. The summed E-state index contributed by atoms with van der Waals surface area (Å²) < 4.78 is 9.05. The van der Waals surface area contributed by atoms with Gasteiger partial charge >= 0.3 is 0 Å². The SMILES string of the molecule is c1ccc(-c2cc(-c3cc(-c4ccccc4)cc(-n4c5ccccc5c5c6oc7ccccc7c6ccc54)c3)cc(-c3nc(-c4ccccc4)nc(-c4ccccc4)n3)c2)cc1. The summed E-state index contributed by atoms with van der Waals surface area (Å²) in [5.41, 5.74) is 14.3. The summed E-state index contributed by atoms with van der Waals surface area (Å²) in [6.45, 7) is 0. The lowest BCUT2D eigenvalue weighted by Gasteiger charge is -2.16. The van der Waals surface area contributed by atoms with Gasteiger partial charge < -0.3 is 8.98 Å². The second-order valence-electron chi connectivity index (χ2n) is 15.6. The van der Waals surface area contributed by atoms with Gasteiger partial charge in [-0.1, -0.05) is 158 Å². The topological polar surface area (TPSA) is 56.7 Å². The van der Waals surface area contributed by atoms with Crippen molar-refractivity contribution in [3.05, 3.63) is 218 Å². The maximum absolute atomic E-state index is 6.66. The van der Waals surface area contributed by atoms with E-state index < -0.39 is 0 Å². The average molecular weight is 793 g/mol. The van der Waals surface area contributed by atoms with Gasteiger partial charge in [-0.25, -0.2) is 15.0 Å². The highest BCUT2D eigenvalue weighted by Gasteiger charge is 2.21. The molecule has 0 saturated heterocycles. The van der Waals surface area contributed by atoms with E-state index >= 15 is 0 Å². The Morgan fingerprint density at radius 2 is 0.742 bits per heavy atom. The molecule has 0 N–H and O–H groups in total. The molecule has 0 amide bonds. The van der Waals surface area contributed by atoms with Crippen LogP contribution in [0.25, 0.3) is 117 Å². The van der Waals surface area contributed by atoms with E-state index in [-0.39, 0.29) is 0 Å². The number of hydrogen-bond acceptors (Lipinski definition) is 4. The van der Waals surface area contributed by atoms with E-state index in [0.29, 0.717) is 17.5 Å². The normalized spacial score (nSPS) is 11.5. The number of para-hydroxylation sites is 2. The minimum atomic E-state index is 0.605. The molecule has 12 aromatic rings. The Kier molecular flexibility index (Phi) is 8.42. The number of furan rings is 1. The van der Waals surface area contributed by atoms with Crippen LogP contribution < -0.4 is 0 Å². The van der Waals surface area contributed by atoms with Gasteiger partial charge in [0.15, 0.2) is 17.5 Å². The van der Waals surface area contributed by atoms with E-state index in [1.54, 1.807) is 0 Å². The minimum Gasteiger partial charge on any atom is -0.455 e. The van der Waals surface area contributed by atoms with Gasteiger partial charge in [0.1, 0.15) is 11.2 Å². The van der Waals surface area contributed by atoms with Crippen molar-refractivity contribution >= 4 is 43.7 Å². The molecule has 290 valence electrons. The van der Waals surface area contributed by atoms with Gasteiger partial charge in [0.05, 0.1) is 16.4 Å². The highest BCUT2D eigenvalue weighted by Crippen LogP contribution is 2.42. The zero-order valence-corrected chi connectivity index (χ0v) is 33.5. The summed E-state index contributed by atoms with van der Waals surface area (Å²) >= 11 is 0. The lowest BCUT2D eigenvalue weighted by Crippen LogP contribution is -2.00. The van der Waals surface area contributed by atoms with Gasteiger partial charge in [0, 0.05) is 38.5 Å². The highest BCUT2D eigenvalue weighted by atomic mass is 16.3. The molecule has 0 atom stereocenters. The highest BCUT2D eigenvalue weighted by molar-refractivity contribution is 6.23. The number of benzene rings is 9. The average Bonchev–Trinajstić information content (AvgIpc) is 3.91. The van der Waals surface area contributed by atoms with Crippen molar-refractivity contribution in [3.8, 4) is 73.2 Å². The first-order chi connectivity index (χ1) is 30.7. The maximum atomic E-state index is 6.66. The van der Waals surface area contributed by atoms with Crippen LogP contribution in [0.5, 0.6) is 0 Å². The van der Waals surface area contributed by atoms with Crippen LogP contribution in [-0.2, 0) is 0 Å². The molecule has 3 heterocycles. The summed E-state index contributed by atoms with van der Waals surface area (Å²) in [4.78, 5) is 15.3. The van der Waals surface area contributed by atoms with Gasteiger partial charge in [0.2, 0.25) is 0 Å². The minimum absolute atomic E-state index is 0.605. The number of fused-ring (bicyclic) bond motifs is 7. The van der Waals surface area contributed by atoms with Crippen molar-refractivity contribution in [2.45, 2.75) is 0 Å². The van der Waals surface area contributed by atoms with E-state index in [9.17, 15) is 0 Å². The van der Waals surface area contributed by atoms with Crippen LogP contribution in [0.1, 0.15) is 0 Å². The van der Waals surface area contributed by atoms with Crippen LogP contribution in [0.3, 0.4) is 0 Å². The third-order valence-corrected chi connectivity index (χ3v) is 11.8. The smallest absolute Gasteiger partial charge is 0.164 e. The molecular weight excluding hydrogens is 757 g/mol. The molecular formula is C57H36N4O. The van der Waals surface area contributed by atoms with Gasteiger partial charge in [-0.2, -0.15) is 0 Å². The number of hydrogen-bond donors (Lipinski definition) is 0. The summed E-state index contributed by atoms with van der Waals surface area (Å²) in [7, 11) is 0. The molecule has 0 aliphatic carbocycles. The fourth-order valence-electron chi connectivity index (χ4n) is 8.88. The Morgan fingerprint density at radius 3 is 1.34 bits per heavy atom.